The van der Waals surface area contributed by atoms with Gasteiger partial charge in [0.1, 0.15) is 5.82 Å². The van der Waals surface area contributed by atoms with Crippen LogP contribution in [0.3, 0.4) is 0 Å². The first-order chi connectivity index (χ1) is 12.1. The number of amides is 2. The summed E-state index contributed by atoms with van der Waals surface area (Å²) < 4.78 is 13.1. The zero-order valence-corrected chi connectivity index (χ0v) is 14.4. The first-order valence-corrected chi connectivity index (χ1v) is 9.10. The van der Waals surface area contributed by atoms with Gasteiger partial charge in [-0.1, -0.05) is 25.0 Å². The van der Waals surface area contributed by atoms with E-state index in [-0.39, 0.29) is 29.5 Å². The standard InChI is InChI=1S/C19H26FN3O2/c20-16-6-3-4-14(10-16)11-17(24)22-8-9-23-18(25)19-7-2-1-5-15(19)12-21-13-19/h3-4,6,10,15,21H,1-2,5,7-9,11-13H2,(H,22,24)(H,23,25)/t15-,19+/m0/s1. The van der Waals surface area contributed by atoms with Crippen molar-refractivity contribution in [2.24, 2.45) is 11.3 Å². The molecule has 6 heteroatoms. The number of rotatable bonds is 6. The third kappa shape index (κ3) is 4.18. The Morgan fingerprint density at radius 1 is 1.24 bits per heavy atom. The van der Waals surface area contributed by atoms with Crippen LogP contribution in [0.25, 0.3) is 0 Å². The van der Waals surface area contributed by atoms with Crippen molar-refractivity contribution in [3.63, 3.8) is 0 Å². The number of carbonyl (C=O) groups is 2. The van der Waals surface area contributed by atoms with E-state index in [4.69, 9.17) is 0 Å². The lowest BCUT2D eigenvalue weighted by atomic mass is 9.67. The molecule has 3 rings (SSSR count). The second-order valence-electron chi connectivity index (χ2n) is 7.14. The van der Waals surface area contributed by atoms with Gasteiger partial charge in [0.15, 0.2) is 0 Å². The Morgan fingerprint density at radius 2 is 2.08 bits per heavy atom. The summed E-state index contributed by atoms with van der Waals surface area (Å²) in [7, 11) is 0. The normalized spacial score (nSPS) is 25.2. The van der Waals surface area contributed by atoms with E-state index in [0.717, 1.165) is 32.4 Å². The number of hydrogen-bond acceptors (Lipinski definition) is 3. The van der Waals surface area contributed by atoms with Gasteiger partial charge in [-0.2, -0.15) is 0 Å². The van der Waals surface area contributed by atoms with Crippen LogP contribution < -0.4 is 16.0 Å². The van der Waals surface area contributed by atoms with Crippen LogP contribution in [-0.4, -0.2) is 38.0 Å². The van der Waals surface area contributed by atoms with Gasteiger partial charge in [-0.05, 0) is 43.0 Å². The lowest BCUT2D eigenvalue weighted by molar-refractivity contribution is -0.134. The minimum atomic E-state index is -0.343. The van der Waals surface area contributed by atoms with Gasteiger partial charge in [-0.3, -0.25) is 9.59 Å². The van der Waals surface area contributed by atoms with Crippen molar-refractivity contribution in [1.29, 1.82) is 0 Å². The molecular weight excluding hydrogens is 321 g/mol. The van der Waals surface area contributed by atoms with E-state index in [2.05, 4.69) is 16.0 Å². The highest BCUT2D eigenvalue weighted by molar-refractivity contribution is 5.84. The topological polar surface area (TPSA) is 70.2 Å². The van der Waals surface area contributed by atoms with E-state index >= 15 is 0 Å². The molecule has 0 spiro atoms. The van der Waals surface area contributed by atoms with Crippen molar-refractivity contribution >= 4 is 11.8 Å². The van der Waals surface area contributed by atoms with Crippen LogP contribution in [-0.2, 0) is 16.0 Å². The zero-order chi connectivity index (χ0) is 17.7. The van der Waals surface area contributed by atoms with Crippen LogP contribution >= 0.6 is 0 Å². The van der Waals surface area contributed by atoms with Crippen LogP contribution in [0, 0.1) is 17.2 Å². The van der Waals surface area contributed by atoms with E-state index in [1.54, 1.807) is 12.1 Å². The molecule has 2 amide bonds. The average Bonchev–Trinajstić information content (AvgIpc) is 3.04. The second kappa shape index (κ2) is 7.95. The van der Waals surface area contributed by atoms with Crippen molar-refractivity contribution in [3.05, 3.63) is 35.6 Å². The minimum absolute atomic E-state index is 0.113. The van der Waals surface area contributed by atoms with E-state index in [9.17, 15) is 14.0 Å². The smallest absolute Gasteiger partial charge is 0.227 e. The Kier molecular flexibility index (Phi) is 5.68. The first kappa shape index (κ1) is 17.9. The number of carbonyl (C=O) groups excluding carboxylic acids is 2. The summed E-state index contributed by atoms with van der Waals surface area (Å²) >= 11 is 0. The van der Waals surface area contributed by atoms with E-state index in [0.29, 0.717) is 24.6 Å². The molecule has 1 heterocycles. The number of hydrogen-bond donors (Lipinski definition) is 3. The number of halogens is 1. The van der Waals surface area contributed by atoms with Gasteiger partial charge in [0.05, 0.1) is 11.8 Å². The maximum Gasteiger partial charge on any atom is 0.227 e. The maximum atomic E-state index is 13.1. The summed E-state index contributed by atoms with van der Waals surface area (Å²) in [4.78, 5) is 24.6. The summed E-state index contributed by atoms with van der Waals surface area (Å²) in [5, 5.41) is 9.13. The monoisotopic (exact) mass is 347 g/mol. The van der Waals surface area contributed by atoms with Crippen LogP contribution in [0.2, 0.25) is 0 Å². The van der Waals surface area contributed by atoms with Crippen LogP contribution in [0.5, 0.6) is 0 Å². The predicted molar refractivity (Wildman–Crippen MR) is 93.4 cm³/mol. The van der Waals surface area contributed by atoms with Gasteiger partial charge in [0, 0.05) is 19.6 Å². The number of benzene rings is 1. The molecule has 2 atom stereocenters. The number of fused-ring (bicyclic) bond motifs is 1. The van der Waals surface area contributed by atoms with Crippen molar-refractivity contribution in [3.8, 4) is 0 Å². The van der Waals surface area contributed by atoms with E-state index in [1.807, 2.05) is 0 Å². The summed E-state index contributed by atoms with van der Waals surface area (Å²) in [6.45, 7) is 2.49. The maximum absolute atomic E-state index is 13.1. The fraction of sp³-hybridized carbons (Fsp3) is 0.579. The Morgan fingerprint density at radius 3 is 2.92 bits per heavy atom. The molecule has 1 aliphatic carbocycles. The highest BCUT2D eigenvalue weighted by Crippen LogP contribution is 2.43. The van der Waals surface area contributed by atoms with Crippen molar-refractivity contribution in [2.75, 3.05) is 26.2 Å². The molecule has 1 aromatic rings. The van der Waals surface area contributed by atoms with Gasteiger partial charge in [0.2, 0.25) is 11.8 Å². The molecule has 5 nitrogen and oxygen atoms in total. The summed E-state index contributed by atoms with van der Waals surface area (Å²) in [5.74, 6) is 0.0329. The van der Waals surface area contributed by atoms with Crippen molar-refractivity contribution in [1.82, 2.24) is 16.0 Å². The van der Waals surface area contributed by atoms with Crippen LogP contribution in [0.15, 0.2) is 24.3 Å². The fourth-order valence-corrected chi connectivity index (χ4v) is 4.14. The SMILES string of the molecule is O=C(Cc1cccc(F)c1)NCCNC(=O)[C@@]12CCCC[C@H]1CNC2. The molecule has 3 N–H and O–H groups in total. The van der Waals surface area contributed by atoms with E-state index < -0.39 is 0 Å². The molecule has 136 valence electrons. The summed E-state index contributed by atoms with van der Waals surface area (Å²) in [6, 6.07) is 6.02. The van der Waals surface area contributed by atoms with Gasteiger partial charge in [0.25, 0.3) is 0 Å². The Hall–Kier alpha value is -1.95. The molecule has 1 saturated carbocycles. The molecule has 2 aliphatic rings. The zero-order valence-electron chi connectivity index (χ0n) is 14.4. The molecule has 2 fully saturated rings. The molecule has 0 aromatic heterocycles. The van der Waals surface area contributed by atoms with Crippen molar-refractivity contribution < 1.29 is 14.0 Å². The highest BCUT2D eigenvalue weighted by atomic mass is 19.1. The van der Waals surface area contributed by atoms with Gasteiger partial charge < -0.3 is 16.0 Å². The van der Waals surface area contributed by atoms with Crippen molar-refractivity contribution in [2.45, 2.75) is 32.1 Å². The predicted octanol–water partition coefficient (Wildman–Crippen LogP) is 1.38. The minimum Gasteiger partial charge on any atom is -0.354 e. The quantitative estimate of drug-likeness (QED) is 0.681. The Bertz CT molecular complexity index is 637. The molecule has 0 bridgehead atoms. The second-order valence-corrected chi connectivity index (χ2v) is 7.14. The van der Waals surface area contributed by atoms with E-state index in [1.165, 1.54) is 18.6 Å². The van der Waals surface area contributed by atoms with Crippen LogP contribution in [0.4, 0.5) is 4.39 Å². The lowest BCUT2D eigenvalue weighted by Crippen LogP contribution is -2.49. The first-order valence-electron chi connectivity index (χ1n) is 9.10. The molecule has 0 radical (unpaired) electrons. The van der Waals surface area contributed by atoms with Gasteiger partial charge >= 0.3 is 0 Å². The molecule has 1 aromatic carbocycles. The lowest BCUT2D eigenvalue weighted by Gasteiger charge is -2.37. The summed E-state index contributed by atoms with van der Waals surface area (Å²) in [5.41, 5.74) is 0.381. The third-order valence-corrected chi connectivity index (χ3v) is 5.48. The highest BCUT2D eigenvalue weighted by Gasteiger charge is 2.49. The summed E-state index contributed by atoms with van der Waals surface area (Å²) in [6.07, 6.45) is 4.52. The molecule has 1 aliphatic heterocycles. The largest absolute Gasteiger partial charge is 0.354 e. The number of nitrogens with one attached hydrogen (secondary N) is 3. The molecular formula is C19H26FN3O2. The Balaban J connectivity index is 1.40. The van der Waals surface area contributed by atoms with Gasteiger partial charge in [-0.15, -0.1) is 0 Å². The fourth-order valence-electron chi connectivity index (χ4n) is 4.14. The third-order valence-electron chi connectivity index (χ3n) is 5.48. The molecule has 1 saturated heterocycles. The van der Waals surface area contributed by atoms with Gasteiger partial charge in [-0.25, -0.2) is 4.39 Å². The molecule has 25 heavy (non-hydrogen) atoms. The average molecular weight is 347 g/mol. The van der Waals surface area contributed by atoms with Crippen LogP contribution in [0.1, 0.15) is 31.2 Å². The molecule has 0 unspecified atom stereocenters. The Labute approximate surface area is 147 Å².